The molecule has 0 radical (unpaired) electrons. The van der Waals surface area contributed by atoms with Gasteiger partial charge in [0.2, 0.25) is 0 Å². The molecular weight excluding hydrogens is 866 g/mol. The molecule has 0 aliphatic carbocycles. The number of carbonyl (C=O) groups is 2. The van der Waals surface area contributed by atoms with Crippen molar-refractivity contribution in [3.63, 3.8) is 0 Å². The molecule has 0 bridgehead atoms. The van der Waals surface area contributed by atoms with Crippen molar-refractivity contribution in [1.82, 2.24) is 30.5 Å². The Morgan fingerprint density at radius 1 is 1.12 bits per heavy atom. The minimum Gasteiger partial charge on any atom is -0.466 e. The Morgan fingerprint density at radius 2 is 1.94 bits per heavy atom. The number of hydrazine groups is 1. The highest BCUT2D eigenvalue weighted by atomic mass is 127. The van der Waals surface area contributed by atoms with Gasteiger partial charge in [-0.15, -0.1) is 11.3 Å². The molecule has 3 aliphatic rings. The number of guanidine groups is 1. The summed E-state index contributed by atoms with van der Waals surface area (Å²) in [5.74, 6) is 6.33. The minimum atomic E-state index is -0.496. The minimum absolute atomic E-state index is 0.149. The van der Waals surface area contributed by atoms with Crippen molar-refractivity contribution in [2.75, 3.05) is 53.4 Å². The van der Waals surface area contributed by atoms with Gasteiger partial charge in [-0.2, -0.15) is 0 Å². The normalized spacial score (nSPS) is 19.5. The van der Waals surface area contributed by atoms with Crippen LogP contribution in [0.5, 0.6) is 0 Å². The van der Waals surface area contributed by atoms with Crippen LogP contribution in [-0.2, 0) is 9.53 Å². The van der Waals surface area contributed by atoms with Gasteiger partial charge in [0.15, 0.2) is 5.96 Å². The van der Waals surface area contributed by atoms with E-state index < -0.39 is 6.04 Å². The molecule has 2 aromatic carbocycles. The smallest absolute Gasteiger partial charge is 0.336 e. The lowest BCUT2D eigenvalue weighted by molar-refractivity contribution is -0.136. The van der Waals surface area contributed by atoms with E-state index >= 15 is 0 Å². The average molecular weight is 903 g/mol. The first-order valence-electron chi connectivity index (χ1n) is 15.9. The van der Waals surface area contributed by atoms with Gasteiger partial charge in [-0.25, -0.2) is 15.2 Å². The Kier molecular flexibility index (Phi) is 11.7. The SMILES string of the molecule is CNNC(=O)c1ccc(C#CCN2C[C@@H]3CN(CC4=C(C(=O)OC)[C@H](c5ccc(I)cc5I)N=C(c5nccs5)CC4)CCN3C2=N)cc1. The quantitative estimate of drug-likeness (QED) is 0.133. The van der Waals surface area contributed by atoms with Crippen molar-refractivity contribution in [1.29, 1.82) is 5.41 Å². The van der Waals surface area contributed by atoms with Crippen molar-refractivity contribution in [3.8, 4) is 11.8 Å². The van der Waals surface area contributed by atoms with Gasteiger partial charge in [0.1, 0.15) is 11.0 Å². The molecule has 3 N–H and O–H groups in total. The molecule has 1 aromatic heterocycles. The van der Waals surface area contributed by atoms with E-state index in [9.17, 15) is 9.59 Å². The number of halogens is 2. The first-order chi connectivity index (χ1) is 23.7. The van der Waals surface area contributed by atoms with Crippen LogP contribution in [0.1, 0.15) is 45.4 Å². The van der Waals surface area contributed by atoms with E-state index in [0.29, 0.717) is 49.6 Å². The van der Waals surface area contributed by atoms with Gasteiger partial charge in [-0.3, -0.25) is 25.5 Å². The van der Waals surface area contributed by atoms with Gasteiger partial charge in [0, 0.05) is 69.6 Å². The maximum Gasteiger partial charge on any atom is 0.336 e. The number of amides is 1. The number of hydrogen-bond donors (Lipinski definition) is 3. The zero-order valence-electron chi connectivity index (χ0n) is 27.1. The molecule has 14 heteroatoms. The van der Waals surface area contributed by atoms with Crippen molar-refractivity contribution in [2.24, 2.45) is 4.99 Å². The van der Waals surface area contributed by atoms with E-state index in [1.165, 1.54) is 7.11 Å². The molecular formula is C35H36I2N8O3S. The van der Waals surface area contributed by atoms with E-state index in [-0.39, 0.29) is 17.9 Å². The number of thiazole rings is 1. The number of aliphatic imine (C=N–C) groups is 1. The molecule has 2 atom stereocenters. The molecule has 2 saturated heterocycles. The third-order valence-corrected chi connectivity index (χ3v) is 11.2. The molecule has 0 unspecified atom stereocenters. The lowest BCUT2D eigenvalue weighted by Gasteiger charge is -2.38. The number of rotatable bonds is 8. The van der Waals surface area contributed by atoms with Crippen LogP contribution < -0.4 is 10.9 Å². The summed E-state index contributed by atoms with van der Waals surface area (Å²) in [6, 6.07) is 13.0. The van der Waals surface area contributed by atoms with Crippen LogP contribution in [0.2, 0.25) is 0 Å². The number of benzene rings is 2. The Balaban J connectivity index is 1.18. The number of hydrogen-bond acceptors (Lipinski definition) is 9. The topological polar surface area (TPSA) is 126 Å². The summed E-state index contributed by atoms with van der Waals surface area (Å²) in [6.07, 6.45) is 3.17. The van der Waals surface area contributed by atoms with Gasteiger partial charge >= 0.3 is 5.97 Å². The Hall–Kier alpha value is -3.37. The highest BCUT2D eigenvalue weighted by molar-refractivity contribution is 14.1. The molecule has 0 saturated carbocycles. The van der Waals surface area contributed by atoms with E-state index in [0.717, 1.165) is 54.2 Å². The summed E-state index contributed by atoms with van der Waals surface area (Å²) in [5.41, 5.74) is 10.1. The summed E-state index contributed by atoms with van der Waals surface area (Å²) < 4.78 is 7.59. The largest absolute Gasteiger partial charge is 0.466 e. The van der Waals surface area contributed by atoms with Gasteiger partial charge in [0.25, 0.3) is 5.91 Å². The van der Waals surface area contributed by atoms with Crippen LogP contribution in [-0.4, -0.2) is 103 Å². The number of methoxy groups -OCH3 is 1. The molecule has 254 valence electrons. The molecule has 4 heterocycles. The summed E-state index contributed by atoms with van der Waals surface area (Å²) in [4.78, 5) is 42.0. The van der Waals surface area contributed by atoms with Crippen molar-refractivity contribution >= 4 is 80.1 Å². The molecule has 3 aliphatic heterocycles. The number of esters is 1. The molecule has 2 fully saturated rings. The van der Waals surface area contributed by atoms with Crippen LogP contribution in [0.15, 0.2) is 70.2 Å². The van der Waals surface area contributed by atoms with E-state index in [1.54, 1.807) is 36.7 Å². The first-order valence-corrected chi connectivity index (χ1v) is 18.9. The maximum atomic E-state index is 13.6. The third kappa shape index (κ3) is 8.17. The Bertz CT molecular complexity index is 1850. The monoisotopic (exact) mass is 902 g/mol. The van der Waals surface area contributed by atoms with Crippen molar-refractivity contribution in [2.45, 2.75) is 24.9 Å². The van der Waals surface area contributed by atoms with Gasteiger partial charge in [0.05, 0.1) is 31.0 Å². The zero-order valence-corrected chi connectivity index (χ0v) is 32.3. The van der Waals surface area contributed by atoms with Crippen LogP contribution in [0.4, 0.5) is 0 Å². The average Bonchev–Trinajstić information content (AvgIpc) is 3.69. The summed E-state index contributed by atoms with van der Waals surface area (Å²) >= 11 is 6.21. The van der Waals surface area contributed by atoms with E-state index in [2.05, 4.69) is 101 Å². The lowest BCUT2D eigenvalue weighted by Crippen LogP contribution is -2.52. The fourth-order valence-corrected chi connectivity index (χ4v) is 9.01. The highest BCUT2D eigenvalue weighted by Gasteiger charge is 2.39. The summed E-state index contributed by atoms with van der Waals surface area (Å²) in [5, 5.41) is 11.7. The van der Waals surface area contributed by atoms with Crippen LogP contribution in [0, 0.1) is 24.4 Å². The molecule has 49 heavy (non-hydrogen) atoms. The number of carbonyl (C=O) groups excluding carboxylic acids is 2. The number of ether oxygens (including phenoxy) is 1. The lowest BCUT2D eigenvalue weighted by atomic mass is 9.93. The van der Waals surface area contributed by atoms with Crippen LogP contribution in [0.3, 0.4) is 0 Å². The Morgan fingerprint density at radius 3 is 2.65 bits per heavy atom. The first kappa shape index (κ1) is 35.5. The highest BCUT2D eigenvalue weighted by Crippen LogP contribution is 2.38. The number of fused-ring (bicyclic) bond motifs is 1. The number of nitrogens with one attached hydrogen (secondary N) is 3. The second-order valence-electron chi connectivity index (χ2n) is 11.9. The maximum absolute atomic E-state index is 13.6. The molecule has 6 rings (SSSR count). The number of aromatic nitrogens is 1. The molecule has 1 amide bonds. The van der Waals surface area contributed by atoms with Gasteiger partial charge < -0.3 is 14.5 Å². The summed E-state index contributed by atoms with van der Waals surface area (Å²) in [6.45, 7) is 4.05. The fraction of sp³-hybridized carbons (Fsp3) is 0.343. The predicted octanol–water partition coefficient (Wildman–Crippen LogP) is 4.30. The Labute approximate surface area is 317 Å². The second kappa shape index (κ2) is 16.1. The molecule has 11 nitrogen and oxygen atoms in total. The zero-order chi connectivity index (χ0) is 34.5. The molecule has 3 aromatic rings. The van der Waals surface area contributed by atoms with Gasteiger partial charge in [-0.05, 0) is 106 Å². The van der Waals surface area contributed by atoms with E-state index in [1.807, 2.05) is 22.4 Å². The third-order valence-electron chi connectivity index (χ3n) is 8.82. The van der Waals surface area contributed by atoms with E-state index in [4.69, 9.17) is 15.1 Å². The van der Waals surface area contributed by atoms with Crippen LogP contribution in [0.25, 0.3) is 0 Å². The number of nitrogens with zero attached hydrogens (tertiary/aromatic N) is 5. The molecule has 0 spiro atoms. The predicted molar refractivity (Wildman–Crippen MR) is 208 cm³/mol. The number of piperazine rings is 1. The fourth-order valence-electron chi connectivity index (χ4n) is 6.45. The van der Waals surface area contributed by atoms with Crippen molar-refractivity contribution < 1.29 is 14.3 Å². The van der Waals surface area contributed by atoms with Gasteiger partial charge in [-0.1, -0.05) is 17.9 Å². The second-order valence-corrected chi connectivity index (χ2v) is 15.2. The standard InChI is InChI=1S/C35H36I2N8O3S/c1-39-42-32(46)23-7-5-22(6-8-23)4-3-14-44-21-26-20-43(15-16-45(26)35(44)38)19-24-9-12-29(33-40-13-17-49-33)41-31(30(24)34(47)48-2)27-11-10-25(36)18-28(27)37/h5-8,10-11,13,17-18,26,31,38-39H,9,12,14-16,19-21H2,1-2H3,(H,42,46)/t26-,31-/m0/s1. The summed E-state index contributed by atoms with van der Waals surface area (Å²) in [7, 11) is 3.09. The van der Waals surface area contributed by atoms with Crippen molar-refractivity contribution in [3.05, 3.63) is 94.0 Å². The van der Waals surface area contributed by atoms with Crippen LogP contribution >= 0.6 is 56.5 Å².